The topological polar surface area (TPSA) is 62.5 Å². The zero-order chi connectivity index (χ0) is 23.7. The lowest BCUT2D eigenvalue weighted by atomic mass is 9.97. The number of benzene rings is 2. The number of hydrogen-bond acceptors (Lipinski definition) is 4. The van der Waals surface area contributed by atoms with Gasteiger partial charge in [0, 0.05) is 37.6 Å². The van der Waals surface area contributed by atoms with Crippen LogP contribution in [0.15, 0.2) is 60.9 Å². The molecule has 1 N–H and O–H groups in total. The quantitative estimate of drug-likeness (QED) is 0.469. The van der Waals surface area contributed by atoms with E-state index in [1.807, 2.05) is 10.7 Å². The molecule has 0 saturated carbocycles. The molecule has 2 aromatic carbocycles. The maximum Gasteiger partial charge on any atom is 0.225 e. The molecule has 174 valence electrons. The zero-order valence-corrected chi connectivity index (χ0v) is 20.1. The van der Waals surface area contributed by atoms with E-state index in [1.54, 1.807) is 6.20 Å². The molecule has 34 heavy (non-hydrogen) atoms. The first-order valence-electron chi connectivity index (χ1n) is 12.0. The van der Waals surface area contributed by atoms with Crippen LogP contribution in [0.5, 0.6) is 0 Å². The SMILES string of the molecule is Cc1ccc(CNC(=O)C2CCCN(c3nccn4nc(-c5ccc(C)cc5C)cc34)C2)cc1. The molecule has 0 radical (unpaired) electrons. The number of amides is 1. The molecule has 4 aromatic rings. The van der Waals surface area contributed by atoms with E-state index in [1.165, 1.54) is 16.7 Å². The Morgan fingerprint density at radius 3 is 2.65 bits per heavy atom. The minimum Gasteiger partial charge on any atom is -0.354 e. The summed E-state index contributed by atoms with van der Waals surface area (Å²) in [5.74, 6) is 0.951. The number of carbonyl (C=O) groups excluding carboxylic acids is 1. The van der Waals surface area contributed by atoms with Gasteiger partial charge in [0.2, 0.25) is 5.91 Å². The van der Waals surface area contributed by atoms with Crippen molar-refractivity contribution < 1.29 is 4.79 Å². The van der Waals surface area contributed by atoms with Gasteiger partial charge in [0.25, 0.3) is 0 Å². The first-order chi connectivity index (χ1) is 16.5. The van der Waals surface area contributed by atoms with Gasteiger partial charge in [-0.1, -0.05) is 53.6 Å². The summed E-state index contributed by atoms with van der Waals surface area (Å²) >= 11 is 0. The fraction of sp³-hybridized carbons (Fsp3) is 0.321. The standard InChI is InChI=1S/C28H31N5O/c1-19-6-9-22(10-7-19)17-30-28(34)23-5-4-13-32(18-23)27-26-16-25(31-33(26)14-12-29-27)24-11-8-20(2)15-21(24)3/h6-12,14-16,23H,4-5,13,17-18H2,1-3H3,(H,30,34). The lowest BCUT2D eigenvalue weighted by molar-refractivity contribution is -0.125. The largest absolute Gasteiger partial charge is 0.354 e. The smallest absolute Gasteiger partial charge is 0.225 e. The average molecular weight is 454 g/mol. The van der Waals surface area contributed by atoms with Crippen LogP contribution in [-0.4, -0.2) is 33.6 Å². The number of rotatable bonds is 5. The summed E-state index contributed by atoms with van der Waals surface area (Å²) in [5, 5.41) is 7.95. The van der Waals surface area contributed by atoms with Gasteiger partial charge in [-0.3, -0.25) is 4.79 Å². The van der Waals surface area contributed by atoms with Gasteiger partial charge in [0.1, 0.15) is 5.52 Å². The van der Waals surface area contributed by atoms with E-state index in [0.29, 0.717) is 13.1 Å². The average Bonchev–Trinajstić information content (AvgIpc) is 3.27. The number of piperidine rings is 1. The predicted octanol–water partition coefficient (Wildman–Crippen LogP) is 4.85. The molecule has 1 amide bonds. The molecule has 1 atom stereocenters. The molecule has 1 fully saturated rings. The molecule has 5 rings (SSSR count). The van der Waals surface area contributed by atoms with Gasteiger partial charge in [-0.05, 0) is 50.8 Å². The number of nitrogens with zero attached hydrogens (tertiary/aromatic N) is 4. The number of fused-ring (bicyclic) bond motifs is 1. The third kappa shape index (κ3) is 4.53. The van der Waals surface area contributed by atoms with Crippen LogP contribution < -0.4 is 10.2 Å². The van der Waals surface area contributed by atoms with Gasteiger partial charge in [0.05, 0.1) is 11.6 Å². The first kappa shape index (κ1) is 22.1. The summed E-state index contributed by atoms with van der Waals surface area (Å²) in [6, 6.07) is 16.8. The monoisotopic (exact) mass is 453 g/mol. The number of nitrogens with one attached hydrogen (secondary N) is 1. The summed E-state index contributed by atoms with van der Waals surface area (Å²) in [4.78, 5) is 19.9. The van der Waals surface area contributed by atoms with Crippen molar-refractivity contribution in [1.29, 1.82) is 0 Å². The Balaban J connectivity index is 1.34. The number of anilines is 1. The van der Waals surface area contributed by atoms with Crippen LogP contribution in [0.25, 0.3) is 16.8 Å². The normalized spacial score (nSPS) is 16.1. The molecule has 3 heterocycles. The number of carbonyl (C=O) groups is 1. The molecule has 1 unspecified atom stereocenters. The molecule has 6 heteroatoms. The van der Waals surface area contributed by atoms with E-state index < -0.39 is 0 Å². The van der Waals surface area contributed by atoms with Crippen LogP contribution in [-0.2, 0) is 11.3 Å². The van der Waals surface area contributed by atoms with Crippen molar-refractivity contribution in [3.63, 3.8) is 0 Å². The van der Waals surface area contributed by atoms with E-state index in [0.717, 1.165) is 47.5 Å². The van der Waals surface area contributed by atoms with E-state index >= 15 is 0 Å². The van der Waals surface area contributed by atoms with Gasteiger partial charge in [0.15, 0.2) is 5.82 Å². The van der Waals surface area contributed by atoms with Crippen LogP contribution in [0.4, 0.5) is 5.82 Å². The van der Waals surface area contributed by atoms with Crippen LogP contribution in [0, 0.1) is 26.7 Å². The van der Waals surface area contributed by atoms with Crippen molar-refractivity contribution in [2.45, 2.75) is 40.2 Å². The van der Waals surface area contributed by atoms with Crippen molar-refractivity contribution in [2.75, 3.05) is 18.0 Å². The van der Waals surface area contributed by atoms with E-state index in [9.17, 15) is 4.79 Å². The number of aromatic nitrogens is 3. The maximum atomic E-state index is 13.0. The highest BCUT2D eigenvalue weighted by Crippen LogP contribution is 2.30. The molecule has 6 nitrogen and oxygen atoms in total. The Morgan fingerprint density at radius 1 is 1.06 bits per heavy atom. The van der Waals surface area contributed by atoms with E-state index in [-0.39, 0.29) is 11.8 Å². The molecule has 1 aliphatic heterocycles. The minimum absolute atomic E-state index is 0.0528. The van der Waals surface area contributed by atoms with Crippen molar-refractivity contribution in [1.82, 2.24) is 19.9 Å². The lowest BCUT2D eigenvalue weighted by Crippen LogP contribution is -2.43. The minimum atomic E-state index is -0.0528. The van der Waals surface area contributed by atoms with E-state index in [4.69, 9.17) is 10.1 Å². The Bertz CT molecular complexity index is 1320. The van der Waals surface area contributed by atoms with Crippen LogP contribution >= 0.6 is 0 Å². The third-order valence-corrected chi connectivity index (χ3v) is 6.71. The number of hydrogen-bond donors (Lipinski definition) is 1. The Morgan fingerprint density at radius 2 is 1.85 bits per heavy atom. The maximum absolute atomic E-state index is 13.0. The summed E-state index contributed by atoms with van der Waals surface area (Å²) < 4.78 is 1.90. The fourth-order valence-corrected chi connectivity index (χ4v) is 4.81. The van der Waals surface area contributed by atoms with Crippen molar-refractivity contribution in [3.05, 3.63) is 83.2 Å². The molecule has 1 saturated heterocycles. The molecule has 0 spiro atoms. The van der Waals surface area contributed by atoms with Crippen molar-refractivity contribution in [3.8, 4) is 11.3 Å². The lowest BCUT2D eigenvalue weighted by Gasteiger charge is -2.33. The highest BCUT2D eigenvalue weighted by molar-refractivity contribution is 5.81. The summed E-state index contributed by atoms with van der Waals surface area (Å²) in [6.07, 6.45) is 5.54. The van der Waals surface area contributed by atoms with Gasteiger partial charge in [-0.2, -0.15) is 5.10 Å². The summed E-state index contributed by atoms with van der Waals surface area (Å²) in [5.41, 5.74) is 7.84. The van der Waals surface area contributed by atoms with E-state index in [2.05, 4.69) is 79.5 Å². The Hall–Kier alpha value is -3.67. The first-order valence-corrected chi connectivity index (χ1v) is 12.0. The summed E-state index contributed by atoms with van der Waals surface area (Å²) in [7, 11) is 0. The second kappa shape index (κ2) is 9.29. The second-order valence-electron chi connectivity index (χ2n) is 9.42. The van der Waals surface area contributed by atoms with Crippen molar-refractivity contribution in [2.24, 2.45) is 5.92 Å². The fourth-order valence-electron chi connectivity index (χ4n) is 4.81. The second-order valence-corrected chi connectivity index (χ2v) is 9.42. The van der Waals surface area contributed by atoms with Gasteiger partial charge in [-0.25, -0.2) is 9.50 Å². The zero-order valence-electron chi connectivity index (χ0n) is 20.1. The van der Waals surface area contributed by atoms with Gasteiger partial charge < -0.3 is 10.2 Å². The molecule has 0 aliphatic carbocycles. The van der Waals surface area contributed by atoms with Crippen molar-refractivity contribution >= 4 is 17.2 Å². The van der Waals surface area contributed by atoms with Crippen LogP contribution in [0.1, 0.15) is 35.1 Å². The molecule has 1 aliphatic rings. The van der Waals surface area contributed by atoms with Crippen LogP contribution in [0.2, 0.25) is 0 Å². The third-order valence-electron chi connectivity index (χ3n) is 6.71. The highest BCUT2D eigenvalue weighted by atomic mass is 16.1. The molecular weight excluding hydrogens is 422 g/mol. The summed E-state index contributed by atoms with van der Waals surface area (Å²) in [6.45, 7) is 8.40. The Kier molecular flexibility index (Phi) is 6.05. The molecule has 0 bridgehead atoms. The molecule has 2 aromatic heterocycles. The molecular formula is C28H31N5O. The number of aryl methyl sites for hydroxylation is 3. The Labute approximate surface area is 200 Å². The van der Waals surface area contributed by atoms with Crippen LogP contribution in [0.3, 0.4) is 0 Å². The van der Waals surface area contributed by atoms with Gasteiger partial charge in [-0.15, -0.1) is 0 Å². The predicted molar refractivity (Wildman–Crippen MR) is 136 cm³/mol. The highest BCUT2D eigenvalue weighted by Gasteiger charge is 2.27. The van der Waals surface area contributed by atoms with Gasteiger partial charge >= 0.3 is 0 Å².